The summed E-state index contributed by atoms with van der Waals surface area (Å²) in [6.07, 6.45) is 6.55. The summed E-state index contributed by atoms with van der Waals surface area (Å²) in [6, 6.07) is 5.53. The number of H-pyrrole nitrogens is 1. The Labute approximate surface area is 117 Å². The molecule has 0 bridgehead atoms. The molecule has 0 aromatic carbocycles. The zero-order valence-corrected chi connectivity index (χ0v) is 11.5. The molecule has 2 aromatic heterocycles. The molecule has 20 heavy (non-hydrogen) atoms. The van der Waals surface area contributed by atoms with Crippen molar-refractivity contribution in [3.8, 4) is 0 Å². The fraction of sp³-hybridized carbons (Fsp3) is 0.400. The minimum absolute atomic E-state index is 0.179. The second-order valence-electron chi connectivity index (χ2n) is 5.33. The molecule has 3 rings (SSSR count). The number of carbonyl (C=O) groups excluding carboxylic acids is 1. The average molecular weight is 270 g/mol. The summed E-state index contributed by atoms with van der Waals surface area (Å²) in [4.78, 5) is 16.2. The van der Waals surface area contributed by atoms with Crippen molar-refractivity contribution in [1.82, 2.24) is 15.2 Å². The van der Waals surface area contributed by atoms with Gasteiger partial charge in [-0.15, -0.1) is 0 Å². The predicted octanol–water partition coefficient (Wildman–Crippen LogP) is 3.02. The van der Waals surface area contributed by atoms with E-state index in [2.05, 4.69) is 20.5 Å². The summed E-state index contributed by atoms with van der Waals surface area (Å²) in [5.41, 5.74) is 2.56. The number of aromatic amines is 1. The zero-order chi connectivity index (χ0) is 13.9. The van der Waals surface area contributed by atoms with Crippen molar-refractivity contribution < 1.29 is 4.79 Å². The van der Waals surface area contributed by atoms with Crippen molar-refractivity contribution in [3.63, 3.8) is 0 Å². The fourth-order valence-electron chi connectivity index (χ4n) is 2.64. The van der Waals surface area contributed by atoms with Crippen LogP contribution in [0.15, 0.2) is 24.4 Å². The van der Waals surface area contributed by atoms with E-state index in [1.54, 1.807) is 12.3 Å². The number of pyridine rings is 1. The monoisotopic (exact) mass is 270 g/mol. The van der Waals surface area contributed by atoms with E-state index in [0.717, 1.165) is 11.4 Å². The first kappa shape index (κ1) is 12.8. The maximum absolute atomic E-state index is 12.1. The van der Waals surface area contributed by atoms with Crippen LogP contribution in [0, 0.1) is 6.92 Å². The third-order valence-corrected chi connectivity index (χ3v) is 3.81. The highest BCUT2D eigenvalue weighted by Crippen LogP contribution is 2.33. The van der Waals surface area contributed by atoms with Crippen molar-refractivity contribution in [2.75, 3.05) is 5.32 Å². The van der Waals surface area contributed by atoms with Crippen LogP contribution in [0.4, 0.5) is 5.82 Å². The van der Waals surface area contributed by atoms with Gasteiger partial charge < -0.3 is 5.32 Å². The molecule has 1 amide bonds. The van der Waals surface area contributed by atoms with Gasteiger partial charge in [-0.2, -0.15) is 5.10 Å². The van der Waals surface area contributed by atoms with Crippen LogP contribution in [0.1, 0.15) is 53.3 Å². The molecule has 5 heteroatoms. The van der Waals surface area contributed by atoms with Crippen LogP contribution < -0.4 is 5.32 Å². The third-order valence-electron chi connectivity index (χ3n) is 3.81. The minimum atomic E-state index is -0.179. The number of nitrogens with zero attached hydrogens (tertiary/aromatic N) is 2. The van der Waals surface area contributed by atoms with Crippen LogP contribution in [0.2, 0.25) is 0 Å². The summed E-state index contributed by atoms with van der Waals surface area (Å²) in [5, 5.41) is 10.00. The number of rotatable bonds is 3. The number of carbonyl (C=O) groups is 1. The number of anilines is 1. The Balaban J connectivity index is 1.68. The van der Waals surface area contributed by atoms with Crippen molar-refractivity contribution in [1.29, 1.82) is 0 Å². The fourth-order valence-corrected chi connectivity index (χ4v) is 2.64. The molecule has 0 radical (unpaired) electrons. The highest BCUT2D eigenvalue weighted by atomic mass is 16.1. The maximum atomic E-state index is 12.1. The van der Waals surface area contributed by atoms with E-state index < -0.39 is 0 Å². The summed E-state index contributed by atoms with van der Waals surface area (Å²) in [6.45, 7) is 1.89. The Hall–Kier alpha value is -2.17. The second-order valence-corrected chi connectivity index (χ2v) is 5.33. The summed E-state index contributed by atoms with van der Waals surface area (Å²) in [7, 11) is 0. The molecule has 0 unspecified atom stereocenters. The van der Waals surface area contributed by atoms with Gasteiger partial charge in [0.1, 0.15) is 0 Å². The van der Waals surface area contributed by atoms with Gasteiger partial charge in [-0.05, 0) is 31.9 Å². The van der Waals surface area contributed by atoms with E-state index in [-0.39, 0.29) is 5.91 Å². The molecule has 0 atom stereocenters. The normalized spacial score (nSPS) is 15.4. The van der Waals surface area contributed by atoms with Crippen LogP contribution in [-0.4, -0.2) is 21.1 Å². The van der Waals surface area contributed by atoms with Gasteiger partial charge in [-0.1, -0.05) is 12.8 Å². The lowest BCUT2D eigenvalue weighted by Gasteiger charge is -2.03. The van der Waals surface area contributed by atoms with E-state index in [9.17, 15) is 4.79 Å². The molecule has 1 aliphatic carbocycles. The summed E-state index contributed by atoms with van der Waals surface area (Å²) >= 11 is 0. The Kier molecular flexibility index (Phi) is 3.50. The second kappa shape index (κ2) is 5.45. The molecule has 1 saturated carbocycles. The van der Waals surface area contributed by atoms with E-state index in [1.165, 1.54) is 25.7 Å². The Morgan fingerprint density at radius 2 is 2.15 bits per heavy atom. The van der Waals surface area contributed by atoms with Gasteiger partial charge >= 0.3 is 0 Å². The van der Waals surface area contributed by atoms with Crippen molar-refractivity contribution in [2.24, 2.45) is 0 Å². The molecular formula is C15H18N4O. The van der Waals surface area contributed by atoms with Gasteiger partial charge in [0.25, 0.3) is 5.91 Å². The molecule has 5 nitrogen and oxygen atoms in total. The lowest BCUT2D eigenvalue weighted by atomic mass is 10.0. The number of nitrogens with one attached hydrogen (secondary N) is 2. The Morgan fingerprint density at radius 1 is 1.35 bits per heavy atom. The van der Waals surface area contributed by atoms with Crippen molar-refractivity contribution in [3.05, 3.63) is 41.3 Å². The average Bonchev–Trinajstić information content (AvgIpc) is 3.09. The standard InChI is InChI=1S/C15H18N4O/c1-10-6-7-12(9-16-10)15(20)17-14-8-13(18-19-14)11-4-2-3-5-11/h6-9,11H,2-5H2,1H3,(H2,17,18,19,20). The molecule has 0 spiro atoms. The van der Waals surface area contributed by atoms with Crippen LogP contribution in [0.3, 0.4) is 0 Å². The zero-order valence-electron chi connectivity index (χ0n) is 11.5. The predicted molar refractivity (Wildman–Crippen MR) is 76.7 cm³/mol. The molecule has 2 heterocycles. The van der Waals surface area contributed by atoms with Crippen LogP contribution in [-0.2, 0) is 0 Å². The first-order chi connectivity index (χ1) is 9.72. The molecule has 2 N–H and O–H groups in total. The van der Waals surface area contributed by atoms with Crippen LogP contribution >= 0.6 is 0 Å². The number of aryl methyl sites for hydroxylation is 1. The largest absolute Gasteiger partial charge is 0.305 e. The van der Waals surface area contributed by atoms with Gasteiger partial charge in [-0.25, -0.2) is 0 Å². The number of hydrogen-bond donors (Lipinski definition) is 2. The topological polar surface area (TPSA) is 70.7 Å². The number of amides is 1. The quantitative estimate of drug-likeness (QED) is 0.900. The lowest BCUT2D eigenvalue weighted by molar-refractivity contribution is 0.102. The molecule has 2 aromatic rings. The third kappa shape index (κ3) is 2.71. The van der Waals surface area contributed by atoms with Gasteiger partial charge in [0.15, 0.2) is 5.82 Å². The minimum Gasteiger partial charge on any atom is -0.305 e. The van der Waals surface area contributed by atoms with Gasteiger partial charge in [-0.3, -0.25) is 14.9 Å². The van der Waals surface area contributed by atoms with Crippen LogP contribution in [0.25, 0.3) is 0 Å². The maximum Gasteiger partial charge on any atom is 0.258 e. The van der Waals surface area contributed by atoms with Gasteiger partial charge in [0.2, 0.25) is 0 Å². The van der Waals surface area contributed by atoms with Crippen molar-refractivity contribution >= 4 is 11.7 Å². The van der Waals surface area contributed by atoms with E-state index >= 15 is 0 Å². The Bertz CT molecular complexity index is 597. The first-order valence-corrected chi connectivity index (χ1v) is 7.02. The van der Waals surface area contributed by atoms with Crippen molar-refractivity contribution in [2.45, 2.75) is 38.5 Å². The van der Waals surface area contributed by atoms with E-state index in [1.807, 2.05) is 19.1 Å². The molecule has 104 valence electrons. The van der Waals surface area contributed by atoms with Crippen LogP contribution in [0.5, 0.6) is 0 Å². The van der Waals surface area contributed by atoms with E-state index in [0.29, 0.717) is 17.3 Å². The molecular weight excluding hydrogens is 252 g/mol. The molecule has 1 aliphatic rings. The van der Waals surface area contributed by atoms with Gasteiger partial charge in [0, 0.05) is 29.6 Å². The highest BCUT2D eigenvalue weighted by Gasteiger charge is 2.19. The summed E-state index contributed by atoms with van der Waals surface area (Å²) in [5.74, 6) is 0.966. The number of aromatic nitrogens is 3. The van der Waals surface area contributed by atoms with E-state index in [4.69, 9.17) is 0 Å². The SMILES string of the molecule is Cc1ccc(C(=O)Nc2cc(C3CCCC3)[nH]n2)cn1. The van der Waals surface area contributed by atoms with Gasteiger partial charge in [0.05, 0.1) is 5.56 Å². The molecule has 1 fully saturated rings. The highest BCUT2D eigenvalue weighted by molar-refractivity contribution is 6.03. The smallest absolute Gasteiger partial charge is 0.258 e. The lowest BCUT2D eigenvalue weighted by Crippen LogP contribution is -2.12. The Morgan fingerprint density at radius 3 is 2.85 bits per heavy atom. The summed E-state index contributed by atoms with van der Waals surface area (Å²) < 4.78 is 0. The molecule has 0 saturated heterocycles. The molecule has 0 aliphatic heterocycles. The first-order valence-electron chi connectivity index (χ1n) is 7.02. The number of hydrogen-bond acceptors (Lipinski definition) is 3.